The number of ether oxygens (including phenoxy) is 1. The smallest absolute Gasteiger partial charge is 0.253 e. The van der Waals surface area contributed by atoms with Crippen LogP contribution in [0.1, 0.15) is 28.4 Å². The van der Waals surface area contributed by atoms with E-state index >= 15 is 0 Å². The highest BCUT2D eigenvalue weighted by atomic mass is 35.5. The Morgan fingerprint density at radius 3 is 2.71 bits per heavy atom. The van der Waals surface area contributed by atoms with Crippen molar-refractivity contribution >= 4 is 27.5 Å². The second-order valence-corrected chi connectivity index (χ2v) is 7.36. The van der Waals surface area contributed by atoms with Gasteiger partial charge >= 0.3 is 0 Å². The highest BCUT2D eigenvalue weighted by Gasteiger charge is 2.24. The summed E-state index contributed by atoms with van der Waals surface area (Å²) in [4.78, 5) is 12.3. The van der Waals surface area contributed by atoms with Crippen LogP contribution >= 0.6 is 11.6 Å². The molecule has 3 rings (SSSR count). The Bertz CT molecular complexity index is 899. The summed E-state index contributed by atoms with van der Waals surface area (Å²) in [5.41, 5.74) is 1.09. The van der Waals surface area contributed by atoms with Crippen molar-refractivity contribution in [2.24, 2.45) is 5.14 Å². The van der Waals surface area contributed by atoms with E-state index < -0.39 is 10.0 Å². The predicted octanol–water partition coefficient (Wildman–Crippen LogP) is 2.24. The molecule has 2 aromatic carbocycles. The number of para-hydroxylation sites is 1. The van der Waals surface area contributed by atoms with Crippen LogP contribution in [-0.2, 0) is 10.0 Å². The third-order valence-corrected chi connectivity index (χ3v) is 5.00. The average Bonchev–Trinajstić information content (AvgIpc) is 2.54. The van der Waals surface area contributed by atoms with Gasteiger partial charge in [-0.2, -0.15) is 0 Å². The molecule has 1 atom stereocenters. The predicted molar refractivity (Wildman–Crippen MR) is 89.6 cm³/mol. The van der Waals surface area contributed by atoms with Crippen LogP contribution in [0.5, 0.6) is 5.75 Å². The van der Waals surface area contributed by atoms with Gasteiger partial charge in [0.25, 0.3) is 5.91 Å². The Labute approximate surface area is 144 Å². The number of nitrogens with one attached hydrogen (secondary N) is 1. The van der Waals surface area contributed by atoms with Crippen LogP contribution in [0.15, 0.2) is 47.4 Å². The number of fused-ring (bicyclic) bond motifs is 1. The van der Waals surface area contributed by atoms with Gasteiger partial charge in [-0.25, -0.2) is 13.6 Å². The number of sulfonamides is 1. The zero-order valence-electron chi connectivity index (χ0n) is 12.5. The lowest BCUT2D eigenvalue weighted by Crippen LogP contribution is -2.32. The van der Waals surface area contributed by atoms with Gasteiger partial charge in [0.15, 0.2) is 0 Å². The highest BCUT2D eigenvalue weighted by molar-refractivity contribution is 7.89. The Kier molecular flexibility index (Phi) is 4.49. The Balaban J connectivity index is 1.84. The maximum atomic E-state index is 12.5. The fourth-order valence-electron chi connectivity index (χ4n) is 2.58. The van der Waals surface area contributed by atoms with Gasteiger partial charge in [-0.05, 0) is 24.3 Å². The quantitative estimate of drug-likeness (QED) is 0.870. The second kappa shape index (κ2) is 6.43. The molecular formula is C16H15ClN2O4S. The van der Waals surface area contributed by atoms with E-state index in [0.29, 0.717) is 13.0 Å². The monoisotopic (exact) mass is 366 g/mol. The molecule has 6 nitrogen and oxygen atoms in total. The van der Waals surface area contributed by atoms with Gasteiger partial charge < -0.3 is 10.1 Å². The average molecular weight is 367 g/mol. The van der Waals surface area contributed by atoms with E-state index in [9.17, 15) is 13.2 Å². The molecule has 3 N–H and O–H groups in total. The minimum atomic E-state index is -3.87. The van der Waals surface area contributed by atoms with E-state index in [1.807, 2.05) is 24.3 Å². The zero-order chi connectivity index (χ0) is 17.3. The van der Waals surface area contributed by atoms with E-state index in [4.69, 9.17) is 21.5 Å². The lowest BCUT2D eigenvalue weighted by atomic mass is 10.00. The van der Waals surface area contributed by atoms with E-state index in [-0.39, 0.29) is 27.4 Å². The molecule has 1 aliphatic heterocycles. The summed E-state index contributed by atoms with van der Waals surface area (Å²) in [6.07, 6.45) is 0.635. The summed E-state index contributed by atoms with van der Waals surface area (Å²) in [7, 11) is -3.87. The number of rotatable bonds is 3. The molecule has 0 aromatic heterocycles. The number of hydrogen-bond acceptors (Lipinski definition) is 4. The first-order chi connectivity index (χ1) is 11.4. The molecule has 2 aromatic rings. The molecule has 0 fully saturated rings. The number of primary sulfonamides is 1. The summed E-state index contributed by atoms with van der Waals surface area (Å²) < 4.78 is 28.2. The summed E-state index contributed by atoms with van der Waals surface area (Å²) in [5, 5.41) is 7.99. The normalized spacial score (nSPS) is 16.8. The fourth-order valence-corrected chi connectivity index (χ4v) is 3.46. The van der Waals surface area contributed by atoms with Gasteiger partial charge in [0, 0.05) is 12.0 Å². The Morgan fingerprint density at radius 2 is 2.00 bits per heavy atom. The maximum absolute atomic E-state index is 12.5. The third kappa shape index (κ3) is 3.38. The van der Waals surface area contributed by atoms with Crippen molar-refractivity contribution in [3.05, 3.63) is 58.6 Å². The van der Waals surface area contributed by atoms with E-state index in [1.165, 1.54) is 18.2 Å². The molecule has 1 amide bonds. The van der Waals surface area contributed by atoms with Crippen molar-refractivity contribution in [2.75, 3.05) is 6.61 Å². The van der Waals surface area contributed by atoms with Crippen LogP contribution in [0.2, 0.25) is 5.02 Å². The molecule has 0 radical (unpaired) electrons. The minimum Gasteiger partial charge on any atom is -0.493 e. The molecule has 0 spiro atoms. The minimum absolute atomic E-state index is 0.0272. The first kappa shape index (κ1) is 16.8. The number of carbonyl (C=O) groups excluding carboxylic acids is 1. The van der Waals surface area contributed by atoms with Gasteiger partial charge in [-0.1, -0.05) is 29.8 Å². The van der Waals surface area contributed by atoms with Gasteiger partial charge in [0.1, 0.15) is 5.75 Å². The zero-order valence-corrected chi connectivity index (χ0v) is 14.1. The molecule has 0 aliphatic carbocycles. The van der Waals surface area contributed by atoms with Gasteiger partial charge in [0.2, 0.25) is 10.0 Å². The van der Waals surface area contributed by atoms with E-state index in [1.54, 1.807) is 0 Å². The molecule has 24 heavy (non-hydrogen) atoms. The molecule has 0 bridgehead atoms. The molecule has 1 aliphatic rings. The first-order valence-electron chi connectivity index (χ1n) is 7.21. The van der Waals surface area contributed by atoms with Crippen LogP contribution < -0.4 is 15.2 Å². The van der Waals surface area contributed by atoms with Crippen molar-refractivity contribution in [1.82, 2.24) is 5.32 Å². The number of nitrogens with two attached hydrogens (primary N) is 1. The van der Waals surface area contributed by atoms with Crippen molar-refractivity contribution < 1.29 is 17.9 Å². The van der Waals surface area contributed by atoms with Gasteiger partial charge in [-0.15, -0.1) is 0 Å². The fraction of sp³-hybridized carbons (Fsp3) is 0.188. The lowest BCUT2D eigenvalue weighted by Gasteiger charge is -2.26. The second-order valence-electron chi connectivity index (χ2n) is 5.39. The molecule has 0 saturated heterocycles. The number of amides is 1. The largest absolute Gasteiger partial charge is 0.493 e. The Hall–Kier alpha value is -2.09. The maximum Gasteiger partial charge on any atom is 0.253 e. The van der Waals surface area contributed by atoms with Crippen molar-refractivity contribution in [3.8, 4) is 5.75 Å². The SMILES string of the molecule is NS(=O)(=O)c1ccc(C(=O)NC2CCOc3ccccc32)c(Cl)c1. The van der Waals surface area contributed by atoms with Crippen LogP contribution in [0.25, 0.3) is 0 Å². The van der Waals surface area contributed by atoms with Crippen LogP contribution in [0.4, 0.5) is 0 Å². The summed E-state index contributed by atoms with van der Waals surface area (Å²) in [6.45, 7) is 0.500. The van der Waals surface area contributed by atoms with Gasteiger partial charge in [-0.3, -0.25) is 4.79 Å². The molecule has 1 heterocycles. The van der Waals surface area contributed by atoms with Crippen molar-refractivity contribution in [3.63, 3.8) is 0 Å². The number of halogens is 1. The van der Waals surface area contributed by atoms with Crippen molar-refractivity contribution in [1.29, 1.82) is 0 Å². The summed E-state index contributed by atoms with van der Waals surface area (Å²) in [6, 6.07) is 11.1. The Morgan fingerprint density at radius 1 is 1.25 bits per heavy atom. The number of hydrogen-bond donors (Lipinski definition) is 2. The number of carbonyl (C=O) groups is 1. The summed E-state index contributed by atoms with van der Waals surface area (Å²) >= 11 is 6.04. The highest BCUT2D eigenvalue weighted by Crippen LogP contribution is 2.32. The third-order valence-electron chi connectivity index (χ3n) is 3.78. The molecule has 126 valence electrons. The first-order valence-corrected chi connectivity index (χ1v) is 9.13. The summed E-state index contributed by atoms with van der Waals surface area (Å²) in [5.74, 6) is 0.354. The van der Waals surface area contributed by atoms with Gasteiger partial charge in [0.05, 0.1) is 28.1 Å². The molecule has 1 unspecified atom stereocenters. The topological polar surface area (TPSA) is 98.5 Å². The van der Waals surface area contributed by atoms with Crippen LogP contribution in [-0.4, -0.2) is 20.9 Å². The molecule has 0 saturated carbocycles. The van der Waals surface area contributed by atoms with E-state index in [2.05, 4.69) is 5.32 Å². The van der Waals surface area contributed by atoms with Crippen LogP contribution in [0, 0.1) is 0 Å². The lowest BCUT2D eigenvalue weighted by molar-refractivity contribution is 0.0925. The van der Waals surface area contributed by atoms with Crippen molar-refractivity contribution in [2.45, 2.75) is 17.4 Å². The standard InChI is InChI=1S/C16H15ClN2O4S/c17-13-9-10(24(18,21)22)5-6-11(13)16(20)19-14-7-8-23-15-4-2-1-3-12(14)15/h1-6,9,14H,7-8H2,(H,19,20)(H2,18,21,22). The number of benzene rings is 2. The van der Waals surface area contributed by atoms with E-state index in [0.717, 1.165) is 11.3 Å². The molecular weight excluding hydrogens is 352 g/mol. The van der Waals surface area contributed by atoms with Crippen LogP contribution in [0.3, 0.4) is 0 Å². The molecule has 8 heteroatoms.